The molecular formula is C11H15N2. The average molecular weight is 175 g/mol. The standard InChI is InChI=1S/C11H15N2/c12-10-6-2-3-7-11(10)13-8-4-1-5-9-13/h3,6-7H,1,4-5,8-9,12H2. The maximum atomic E-state index is 5.88. The second kappa shape index (κ2) is 3.69. The van der Waals surface area contributed by atoms with Gasteiger partial charge in [-0.2, -0.15) is 0 Å². The molecular weight excluding hydrogens is 160 g/mol. The fraction of sp³-hybridized carbons (Fsp3) is 0.455. The lowest BCUT2D eigenvalue weighted by Gasteiger charge is -2.29. The van der Waals surface area contributed by atoms with Gasteiger partial charge in [-0.1, -0.05) is 6.07 Å². The molecule has 1 aromatic carbocycles. The third kappa shape index (κ3) is 1.77. The van der Waals surface area contributed by atoms with Gasteiger partial charge in [0.25, 0.3) is 0 Å². The number of nitrogens with zero attached hydrogens (tertiary/aromatic N) is 1. The Balaban J connectivity index is 2.18. The summed E-state index contributed by atoms with van der Waals surface area (Å²) in [4.78, 5) is 2.37. The summed E-state index contributed by atoms with van der Waals surface area (Å²) in [7, 11) is 0. The number of piperidine rings is 1. The maximum absolute atomic E-state index is 5.88. The van der Waals surface area contributed by atoms with E-state index in [1.807, 2.05) is 12.1 Å². The molecule has 1 aliphatic heterocycles. The third-order valence-corrected chi connectivity index (χ3v) is 2.57. The van der Waals surface area contributed by atoms with Crippen molar-refractivity contribution in [3.8, 4) is 0 Å². The third-order valence-electron chi connectivity index (χ3n) is 2.57. The van der Waals surface area contributed by atoms with Gasteiger partial charge in [0.1, 0.15) is 0 Å². The summed E-state index contributed by atoms with van der Waals surface area (Å²) in [5.74, 6) is 0. The van der Waals surface area contributed by atoms with Gasteiger partial charge in [-0.25, -0.2) is 0 Å². The van der Waals surface area contributed by atoms with Crippen LogP contribution in [0.1, 0.15) is 19.3 Å². The van der Waals surface area contributed by atoms with Crippen LogP contribution in [0.25, 0.3) is 0 Å². The molecule has 0 aromatic heterocycles. The van der Waals surface area contributed by atoms with Gasteiger partial charge >= 0.3 is 0 Å². The molecule has 2 rings (SSSR count). The maximum Gasteiger partial charge on any atom is 0.0600 e. The zero-order valence-corrected chi connectivity index (χ0v) is 7.79. The Labute approximate surface area is 79.4 Å². The largest absolute Gasteiger partial charge is 0.397 e. The highest BCUT2D eigenvalue weighted by Crippen LogP contribution is 2.25. The minimum absolute atomic E-state index is 0.851. The molecule has 1 saturated heterocycles. The summed E-state index contributed by atoms with van der Waals surface area (Å²) >= 11 is 0. The Kier molecular flexibility index (Phi) is 2.39. The number of hydrogen-bond donors (Lipinski definition) is 1. The van der Waals surface area contributed by atoms with Gasteiger partial charge in [0, 0.05) is 13.1 Å². The minimum atomic E-state index is 0.851. The molecule has 1 aliphatic rings. The van der Waals surface area contributed by atoms with E-state index in [0.717, 1.165) is 18.8 Å². The minimum Gasteiger partial charge on any atom is -0.397 e. The van der Waals surface area contributed by atoms with Crippen molar-refractivity contribution < 1.29 is 0 Å². The highest BCUT2D eigenvalue weighted by Gasteiger charge is 2.12. The zero-order chi connectivity index (χ0) is 9.10. The Hall–Kier alpha value is -1.18. The van der Waals surface area contributed by atoms with E-state index in [9.17, 15) is 0 Å². The second-order valence-corrected chi connectivity index (χ2v) is 3.53. The van der Waals surface area contributed by atoms with Crippen molar-refractivity contribution in [3.05, 3.63) is 24.3 Å². The molecule has 0 aliphatic carbocycles. The van der Waals surface area contributed by atoms with Crippen LogP contribution < -0.4 is 10.6 Å². The topological polar surface area (TPSA) is 29.3 Å². The summed E-state index contributed by atoms with van der Waals surface area (Å²) in [6, 6.07) is 8.83. The fourth-order valence-corrected chi connectivity index (χ4v) is 1.86. The molecule has 0 amide bonds. The molecule has 0 bridgehead atoms. The van der Waals surface area contributed by atoms with Crippen LogP contribution in [0.5, 0.6) is 0 Å². The van der Waals surface area contributed by atoms with E-state index in [-0.39, 0.29) is 0 Å². The lowest BCUT2D eigenvalue weighted by Crippen LogP contribution is -2.29. The Bertz CT molecular complexity index is 277. The molecule has 1 radical (unpaired) electrons. The van der Waals surface area contributed by atoms with E-state index >= 15 is 0 Å². The van der Waals surface area contributed by atoms with Gasteiger partial charge in [0.2, 0.25) is 0 Å². The van der Waals surface area contributed by atoms with E-state index in [2.05, 4.69) is 17.0 Å². The smallest absolute Gasteiger partial charge is 0.0600 e. The van der Waals surface area contributed by atoms with Gasteiger partial charge < -0.3 is 10.6 Å². The molecule has 1 aromatic rings. The van der Waals surface area contributed by atoms with E-state index in [0.29, 0.717) is 0 Å². The van der Waals surface area contributed by atoms with Crippen LogP contribution in [0, 0.1) is 6.07 Å². The summed E-state index contributed by atoms with van der Waals surface area (Å²) in [5, 5.41) is 0. The summed E-state index contributed by atoms with van der Waals surface area (Å²) in [5.41, 5.74) is 7.91. The van der Waals surface area contributed by atoms with Gasteiger partial charge in [0.05, 0.1) is 11.4 Å². The molecule has 2 N–H and O–H groups in total. The lowest BCUT2D eigenvalue weighted by atomic mass is 10.1. The molecule has 2 heteroatoms. The number of anilines is 2. The molecule has 0 saturated carbocycles. The van der Waals surface area contributed by atoms with Crippen molar-refractivity contribution in [3.63, 3.8) is 0 Å². The van der Waals surface area contributed by atoms with Crippen molar-refractivity contribution in [2.24, 2.45) is 0 Å². The number of nitrogen functional groups attached to an aromatic ring is 1. The molecule has 13 heavy (non-hydrogen) atoms. The van der Waals surface area contributed by atoms with E-state index in [4.69, 9.17) is 5.73 Å². The van der Waals surface area contributed by atoms with Crippen LogP contribution in [-0.4, -0.2) is 13.1 Å². The average Bonchev–Trinajstić information content (AvgIpc) is 2.20. The van der Waals surface area contributed by atoms with Crippen LogP contribution in [0.2, 0.25) is 0 Å². The number of hydrogen-bond acceptors (Lipinski definition) is 2. The van der Waals surface area contributed by atoms with Crippen LogP contribution in [0.15, 0.2) is 18.2 Å². The number of benzene rings is 1. The normalized spacial score (nSPS) is 17.4. The van der Waals surface area contributed by atoms with Crippen molar-refractivity contribution >= 4 is 11.4 Å². The number of rotatable bonds is 1. The Morgan fingerprint density at radius 3 is 2.69 bits per heavy atom. The molecule has 0 unspecified atom stereocenters. The highest BCUT2D eigenvalue weighted by atomic mass is 15.1. The molecule has 0 atom stereocenters. The van der Waals surface area contributed by atoms with Crippen LogP contribution >= 0.6 is 0 Å². The van der Waals surface area contributed by atoms with E-state index in [1.165, 1.54) is 24.9 Å². The van der Waals surface area contributed by atoms with E-state index < -0.39 is 0 Å². The van der Waals surface area contributed by atoms with Crippen molar-refractivity contribution in [2.75, 3.05) is 23.7 Å². The SMILES string of the molecule is Nc1c[c]ccc1N1CCCCC1. The zero-order valence-electron chi connectivity index (χ0n) is 7.79. The first-order chi connectivity index (χ1) is 6.38. The Morgan fingerprint density at radius 1 is 1.23 bits per heavy atom. The summed E-state index contributed by atoms with van der Waals surface area (Å²) in [6.45, 7) is 2.29. The fourth-order valence-electron chi connectivity index (χ4n) is 1.86. The van der Waals surface area contributed by atoms with Crippen molar-refractivity contribution in [2.45, 2.75) is 19.3 Å². The van der Waals surface area contributed by atoms with E-state index in [1.54, 1.807) is 0 Å². The van der Waals surface area contributed by atoms with Gasteiger partial charge in [-0.05, 0) is 37.5 Å². The van der Waals surface area contributed by atoms with Crippen LogP contribution in [0.4, 0.5) is 11.4 Å². The summed E-state index contributed by atoms with van der Waals surface area (Å²) < 4.78 is 0. The van der Waals surface area contributed by atoms with Crippen LogP contribution in [0.3, 0.4) is 0 Å². The van der Waals surface area contributed by atoms with Crippen LogP contribution in [-0.2, 0) is 0 Å². The summed E-state index contributed by atoms with van der Waals surface area (Å²) in [6.07, 6.45) is 3.94. The van der Waals surface area contributed by atoms with Crippen molar-refractivity contribution in [1.82, 2.24) is 0 Å². The van der Waals surface area contributed by atoms with Gasteiger partial charge in [0.15, 0.2) is 0 Å². The first-order valence-corrected chi connectivity index (χ1v) is 4.88. The quantitative estimate of drug-likeness (QED) is 0.662. The molecule has 2 nitrogen and oxygen atoms in total. The van der Waals surface area contributed by atoms with Crippen molar-refractivity contribution in [1.29, 1.82) is 0 Å². The van der Waals surface area contributed by atoms with Gasteiger partial charge in [-0.15, -0.1) is 0 Å². The predicted molar refractivity (Wildman–Crippen MR) is 55.8 cm³/mol. The molecule has 1 fully saturated rings. The predicted octanol–water partition coefficient (Wildman–Crippen LogP) is 2.06. The number of nitrogens with two attached hydrogens (primary N) is 1. The monoisotopic (exact) mass is 175 g/mol. The van der Waals surface area contributed by atoms with Gasteiger partial charge in [-0.3, -0.25) is 0 Å². The first-order valence-electron chi connectivity index (χ1n) is 4.88. The Morgan fingerprint density at radius 2 is 2.00 bits per heavy atom. The molecule has 0 spiro atoms. The highest BCUT2D eigenvalue weighted by molar-refractivity contribution is 5.67. The lowest BCUT2D eigenvalue weighted by molar-refractivity contribution is 0.578. The molecule has 1 heterocycles. The first kappa shape index (κ1) is 8.42. The molecule has 69 valence electrons. The second-order valence-electron chi connectivity index (χ2n) is 3.53.